The molecule has 1 aliphatic heterocycles. The second-order valence-electron chi connectivity index (χ2n) is 9.53. The molecule has 0 unspecified atom stereocenters. The molecule has 0 aliphatic carbocycles. The summed E-state index contributed by atoms with van der Waals surface area (Å²) < 4.78 is 21.5. The smallest absolute Gasteiger partial charge is 0.269 e. The highest BCUT2D eigenvalue weighted by molar-refractivity contribution is 6.12. The van der Waals surface area contributed by atoms with Gasteiger partial charge in [0, 0.05) is 52.7 Å². The molecule has 0 aromatic heterocycles. The highest BCUT2D eigenvalue weighted by Gasteiger charge is 2.37. The number of amides is 2. The maximum atomic E-state index is 14.0. The normalized spacial score (nSPS) is 13.2. The molecule has 43 heavy (non-hydrogen) atoms. The Bertz CT molecular complexity index is 1550. The van der Waals surface area contributed by atoms with Gasteiger partial charge in [0.25, 0.3) is 17.5 Å². The minimum absolute atomic E-state index is 0.179. The third kappa shape index (κ3) is 6.38. The Morgan fingerprint density at radius 1 is 0.744 bits per heavy atom. The molecule has 0 radical (unpaired) electrons. The number of allylic oxidation sites excluding steroid dienone is 2. The first-order chi connectivity index (χ1) is 20.6. The highest BCUT2D eigenvalue weighted by Crippen LogP contribution is 2.41. The van der Waals surface area contributed by atoms with E-state index in [0.29, 0.717) is 51.3 Å². The van der Waals surface area contributed by atoms with E-state index in [9.17, 15) is 19.7 Å². The fraction of sp³-hybridized carbons (Fsp3) is 0.226. The van der Waals surface area contributed by atoms with Crippen molar-refractivity contribution < 1.29 is 33.5 Å². The lowest BCUT2D eigenvalue weighted by atomic mass is 9.79. The Balaban J connectivity index is 1.83. The minimum atomic E-state index is -0.991. The Morgan fingerprint density at radius 2 is 1.23 bits per heavy atom. The Hall–Kier alpha value is -5.52. The molecule has 12 heteroatoms. The maximum Gasteiger partial charge on any atom is 0.269 e. The number of non-ortho nitro benzene ring substituents is 1. The van der Waals surface area contributed by atoms with Crippen LogP contribution >= 0.6 is 0 Å². The van der Waals surface area contributed by atoms with Gasteiger partial charge in [-0.05, 0) is 43.7 Å². The summed E-state index contributed by atoms with van der Waals surface area (Å²) in [5, 5.41) is 20.6. The topological polar surface area (TPSA) is 150 Å². The van der Waals surface area contributed by atoms with Crippen LogP contribution < -0.4 is 34.9 Å². The van der Waals surface area contributed by atoms with Crippen LogP contribution in [0.5, 0.6) is 23.0 Å². The summed E-state index contributed by atoms with van der Waals surface area (Å²) in [6, 6.07) is 15.8. The monoisotopic (exact) mass is 588 g/mol. The van der Waals surface area contributed by atoms with Gasteiger partial charge in [0.2, 0.25) is 0 Å². The molecule has 12 nitrogen and oxygen atoms in total. The van der Waals surface area contributed by atoms with Gasteiger partial charge in [-0.1, -0.05) is 12.1 Å². The van der Waals surface area contributed by atoms with E-state index in [1.807, 2.05) is 0 Å². The van der Waals surface area contributed by atoms with E-state index in [2.05, 4.69) is 16.0 Å². The summed E-state index contributed by atoms with van der Waals surface area (Å²) in [6.45, 7) is 3.40. The van der Waals surface area contributed by atoms with E-state index in [-0.39, 0.29) is 16.8 Å². The second kappa shape index (κ2) is 13.0. The molecule has 0 atom stereocenters. The van der Waals surface area contributed by atoms with E-state index in [4.69, 9.17) is 18.9 Å². The van der Waals surface area contributed by atoms with Crippen molar-refractivity contribution in [3.8, 4) is 23.0 Å². The predicted octanol–water partition coefficient (Wildman–Crippen LogP) is 5.14. The molecular weight excluding hydrogens is 556 g/mol. The zero-order valence-electron chi connectivity index (χ0n) is 24.6. The molecule has 224 valence electrons. The number of anilines is 2. The van der Waals surface area contributed by atoms with Crippen molar-refractivity contribution >= 4 is 28.9 Å². The van der Waals surface area contributed by atoms with Crippen LogP contribution in [0, 0.1) is 10.1 Å². The van der Waals surface area contributed by atoms with Crippen LogP contribution in [0.15, 0.2) is 83.2 Å². The van der Waals surface area contributed by atoms with E-state index in [1.54, 1.807) is 56.3 Å². The van der Waals surface area contributed by atoms with Crippen molar-refractivity contribution in [1.29, 1.82) is 0 Å². The zero-order chi connectivity index (χ0) is 31.3. The molecule has 0 fully saturated rings. The fourth-order valence-corrected chi connectivity index (χ4v) is 4.95. The largest absolute Gasteiger partial charge is 0.497 e. The summed E-state index contributed by atoms with van der Waals surface area (Å²) in [6.07, 6.45) is 0. The van der Waals surface area contributed by atoms with Crippen LogP contribution in [0.25, 0.3) is 0 Å². The summed E-state index contributed by atoms with van der Waals surface area (Å²) in [5.74, 6) is -0.344. The van der Waals surface area contributed by atoms with Gasteiger partial charge in [0.05, 0.1) is 44.7 Å². The molecule has 0 saturated heterocycles. The van der Waals surface area contributed by atoms with Crippen molar-refractivity contribution in [2.24, 2.45) is 0 Å². The molecule has 3 aromatic carbocycles. The summed E-state index contributed by atoms with van der Waals surface area (Å²) in [5.41, 5.74) is 2.14. The average molecular weight is 589 g/mol. The number of dihydropyridines is 1. The third-order valence-electron chi connectivity index (χ3n) is 6.97. The van der Waals surface area contributed by atoms with Crippen LogP contribution in [0.2, 0.25) is 0 Å². The number of rotatable bonds is 10. The van der Waals surface area contributed by atoms with Gasteiger partial charge in [-0.3, -0.25) is 19.7 Å². The first kappa shape index (κ1) is 30.4. The lowest BCUT2D eigenvalue weighted by Crippen LogP contribution is -2.35. The van der Waals surface area contributed by atoms with Crippen LogP contribution in [-0.4, -0.2) is 45.2 Å². The molecule has 3 aromatic rings. The van der Waals surface area contributed by atoms with Gasteiger partial charge in [0.15, 0.2) is 0 Å². The maximum absolute atomic E-state index is 14.0. The van der Waals surface area contributed by atoms with Gasteiger partial charge in [-0.2, -0.15) is 0 Å². The van der Waals surface area contributed by atoms with Crippen molar-refractivity contribution in [2.45, 2.75) is 19.8 Å². The summed E-state index contributed by atoms with van der Waals surface area (Å²) >= 11 is 0. The minimum Gasteiger partial charge on any atom is -0.497 e. The van der Waals surface area contributed by atoms with E-state index in [0.717, 1.165) is 0 Å². The molecule has 0 spiro atoms. The van der Waals surface area contributed by atoms with Crippen molar-refractivity contribution in [2.75, 3.05) is 39.1 Å². The van der Waals surface area contributed by atoms with Crippen molar-refractivity contribution in [1.82, 2.24) is 5.32 Å². The number of methoxy groups -OCH3 is 4. The summed E-state index contributed by atoms with van der Waals surface area (Å²) in [7, 11) is 5.94. The number of nitrogens with one attached hydrogen (secondary N) is 3. The molecule has 0 saturated carbocycles. The summed E-state index contributed by atoms with van der Waals surface area (Å²) in [4.78, 5) is 39.2. The average Bonchev–Trinajstić information content (AvgIpc) is 3.00. The van der Waals surface area contributed by atoms with E-state index in [1.165, 1.54) is 46.6 Å². The van der Waals surface area contributed by atoms with Gasteiger partial charge in [0.1, 0.15) is 23.0 Å². The van der Waals surface area contributed by atoms with Gasteiger partial charge in [-0.15, -0.1) is 0 Å². The molecule has 3 N–H and O–H groups in total. The molecule has 2 amide bonds. The standard InChI is InChI=1S/C31H32N4O8/c1-17-27(30(36)33-23-15-21(40-3)10-12-25(23)42-5)29(19-8-7-9-20(14-19)35(38)39)28(18(2)32-17)31(37)34-24-16-22(41-4)11-13-26(24)43-6/h7-16,29,32H,1-6H3,(H,33,36)(H,34,37). The first-order valence-corrected chi connectivity index (χ1v) is 13.1. The van der Waals surface area contributed by atoms with Crippen LogP contribution in [-0.2, 0) is 9.59 Å². The zero-order valence-corrected chi connectivity index (χ0v) is 24.6. The molecule has 1 heterocycles. The number of ether oxygens (including phenoxy) is 4. The number of benzene rings is 3. The molecule has 4 rings (SSSR count). The predicted molar refractivity (Wildman–Crippen MR) is 161 cm³/mol. The fourth-order valence-electron chi connectivity index (χ4n) is 4.95. The van der Waals surface area contributed by atoms with Crippen molar-refractivity contribution in [3.05, 3.63) is 98.9 Å². The number of carbonyl (C=O) groups excluding carboxylic acids is 2. The lowest BCUT2D eigenvalue weighted by molar-refractivity contribution is -0.384. The molecule has 1 aliphatic rings. The quantitative estimate of drug-likeness (QED) is 0.216. The molecule has 0 bridgehead atoms. The van der Waals surface area contributed by atoms with Crippen LogP contribution in [0.4, 0.5) is 17.1 Å². The molecular formula is C31H32N4O8. The van der Waals surface area contributed by atoms with Crippen LogP contribution in [0.3, 0.4) is 0 Å². The highest BCUT2D eigenvalue weighted by atomic mass is 16.6. The Labute approximate surface area is 248 Å². The number of hydrogen-bond acceptors (Lipinski definition) is 9. The first-order valence-electron chi connectivity index (χ1n) is 13.1. The number of hydrogen-bond donors (Lipinski definition) is 3. The second-order valence-corrected chi connectivity index (χ2v) is 9.53. The van der Waals surface area contributed by atoms with Crippen LogP contribution in [0.1, 0.15) is 25.3 Å². The third-order valence-corrected chi connectivity index (χ3v) is 6.97. The lowest BCUT2D eigenvalue weighted by Gasteiger charge is -2.31. The number of nitrogens with zero attached hydrogens (tertiary/aromatic N) is 1. The van der Waals surface area contributed by atoms with E-state index < -0.39 is 22.7 Å². The Morgan fingerprint density at radius 3 is 1.65 bits per heavy atom. The van der Waals surface area contributed by atoms with Gasteiger partial charge in [-0.25, -0.2) is 0 Å². The van der Waals surface area contributed by atoms with Gasteiger partial charge < -0.3 is 34.9 Å². The number of carbonyl (C=O) groups is 2. The number of nitro benzene ring substituents is 1. The van der Waals surface area contributed by atoms with E-state index >= 15 is 0 Å². The van der Waals surface area contributed by atoms with Crippen molar-refractivity contribution in [3.63, 3.8) is 0 Å². The van der Waals surface area contributed by atoms with Gasteiger partial charge >= 0.3 is 0 Å². The number of nitro groups is 1. The SMILES string of the molecule is COc1ccc(OC)c(NC(=O)C2=C(C)NC(C)=C(C(=O)Nc3cc(OC)ccc3OC)C2c2cccc([N+](=O)[O-])c2)c1. The Kier molecular flexibility index (Phi) is 9.19.